The van der Waals surface area contributed by atoms with Crippen LogP contribution < -0.4 is 0 Å². The topological polar surface area (TPSA) is 77.3 Å². The van der Waals surface area contributed by atoms with Crippen molar-refractivity contribution in [3.05, 3.63) is 161 Å². The molecule has 6 nitrogen and oxygen atoms in total. The second-order valence-electron chi connectivity index (χ2n) is 11.2. The van der Waals surface area contributed by atoms with Crippen LogP contribution >= 0.6 is 0 Å². The zero-order valence-electron chi connectivity index (χ0n) is 27.3. The van der Waals surface area contributed by atoms with Gasteiger partial charge in [-0.3, -0.25) is 0 Å². The van der Waals surface area contributed by atoms with E-state index in [-0.39, 0.29) is 11.5 Å². The molecule has 0 radical (unpaired) electrons. The quantitative estimate of drug-likeness (QED) is 0.0755. The van der Waals surface area contributed by atoms with Crippen molar-refractivity contribution in [3.8, 4) is 0 Å². The Morgan fingerprint density at radius 1 is 0.894 bits per heavy atom. The molecule has 0 saturated carbocycles. The molecule has 47 heavy (non-hydrogen) atoms. The summed E-state index contributed by atoms with van der Waals surface area (Å²) in [4.78, 5) is 9.57. The van der Waals surface area contributed by atoms with Gasteiger partial charge < -0.3 is 9.47 Å². The van der Waals surface area contributed by atoms with E-state index in [0.29, 0.717) is 61.9 Å². The third-order valence-corrected chi connectivity index (χ3v) is 8.86. The second kappa shape index (κ2) is 18.4. The van der Waals surface area contributed by atoms with Crippen molar-refractivity contribution in [3.63, 3.8) is 0 Å². The van der Waals surface area contributed by atoms with Crippen LogP contribution in [0, 0.1) is 0 Å². The molecular weight excluding hydrogens is 605 g/mol. The third kappa shape index (κ3) is 12.5. The monoisotopic (exact) mass is 648 g/mol. The Kier molecular flexibility index (Phi) is 13.8. The summed E-state index contributed by atoms with van der Waals surface area (Å²) < 4.78 is 38.7. The van der Waals surface area contributed by atoms with Gasteiger partial charge in [-0.15, -0.1) is 0 Å². The van der Waals surface area contributed by atoms with Gasteiger partial charge in [0.25, 0.3) is 0 Å². The van der Waals surface area contributed by atoms with E-state index < -0.39 is 9.84 Å². The molecule has 0 heterocycles. The maximum absolute atomic E-state index is 13.4. The lowest BCUT2D eigenvalue weighted by molar-refractivity contribution is 0.293. The molecule has 0 saturated heterocycles. The first-order valence-electron chi connectivity index (χ1n) is 16.0. The average molecular weight is 649 g/mol. The Morgan fingerprint density at radius 3 is 2.38 bits per heavy atom. The predicted octanol–water partition coefficient (Wildman–Crippen LogP) is 9.40. The fraction of sp³-hybridized carbons (Fsp3) is 0.250. The van der Waals surface area contributed by atoms with Gasteiger partial charge in [0.2, 0.25) is 5.90 Å². The first-order valence-corrected chi connectivity index (χ1v) is 17.8. The lowest BCUT2D eigenvalue weighted by Crippen LogP contribution is -2.11. The van der Waals surface area contributed by atoms with Crippen LogP contribution in [-0.2, 0) is 31.7 Å². The number of sulfone groups is 1. The Morgan fingerprint density at radius 2 is 1.64 bits per heavy atom. The van der Waals surface area contributed by atoms with Gasteiger partial charge in [0.15, 0.2) is 15.7 Å². The lowest BCUT2D eigenvalue weighted by Gasteiger charge is -2.11. The molecule has 0 spiro atoms. The zero-order chi connectivity index (χ0) is 33.3. The summed E-state index contributed by atoms with van der Waals surface area (Å²) in [6, 6.07) is 27.2. The van der Waals surface area contributed by atoms with Crippen molar-refractivity contribution < 1.29 is 17.9 Å². The maximum Gasteiger partial charge on any atom is 0.221 e. The van der Waals surface area contributed by atoms with Crippen molar-refractivity contribution in [2.45, 2.75) is 51.9 Å². The number of benzene rings is 3. The molecule has 0 atom stereocenters. The van der Waals surface area contributed by atoms with Crippen molar-refractivity contribution in [2.24, 2.45) is 9.98 Å². The van der Waals surface area contributed by atoms with E-state index in [9.17, 15) is 8.42 Å². The summed E-state index contributed by atoms with van der Waals surface area (Å²) in [6.45, 7) is 8.53. The van der Waals surface area contributed by atoms with Gasteiger partial charge in [0.1, 0.15) is 6.61 Å². The van der Waals surface area contributed by atoms with Crippen LogP contribution in [-0.4, -0.2) is 32.6 Å². The summed E-state index contributed by atoms with van der Waals surface area (Å²) in [5, 5.41) is 0. The van der Waals surface area contributed by atoms with E-state index >= 15 is 0 Å². The van der Waals surface area contributed by atoms with E-state index in [1.165, 1.54) is 0 Å². The Balaban J connectivity index is 1.42. The van der Waals surface area contributed by atoms with E-state index in [4.69, 9.17) is 14.5 Å². The van der Waals surface area contributed by atoms with Crippen LogP contribution in [0.3, 0.4) is 0 Å². The summed E-state index contributed by atoms with van der Waals surface area (Å²) in [5.41, 5.74) is 6.16. The van der Waals surface area contributed by atoms with Crippen molar-refractivity contribution in [1.82, 2.24) is 0 Å². The minimum Gasteiger partial charge on any atom is -0.481 e. The summed E-state index contributed by atoms with van der Waals surface area (Å²) in [5.74, 6) is 1.07. The molecular formula is C40H44N2O4S. The summed E-state index contributed by atoms with van der Waals surface area (Å²) in [6.07, 6.45) is 14.2. The fourth-order valence-corrected chi connectivity index (χ4v) is 6.57. The molecule has 3 aromatic carbocycles. The molecule has 244 valence electrons. The molecule has 0 N–H and O–H groups in total. The van der Waals surface area contributed by atoms with Crippen LogP contribution in [0.2, 0.25) is 0 Å². The number of ether oxygens (including phenoxy) is 2. The van der Waals surface area contributed by atoms with Crippen LogP contribution in [0.1, 0.15) is 56.2 Å². The molecule has 0 amide bonds. The van der Waals surface area contributed by atoms with E-state index in [0.717, 1.165) is 28.0 Å². The first-order chi connectivity index (χ1) is 22.8. The van der Waals surface area contributed by atoms with E-state index in [2.05, 4.69) is 11.6 Å². The normalized spacial score (nSPS) is 14.7. The number of hydrogen-bond donors (Lipinski definition) is 0. The first kappa shape index (κ1) is 35.1. The predicted molar refractivity (Wildman–Crippen MR) is 195 cm³/mol. The highest BCUT2D eigenvalue weighted by molar-refractivity contribution is 7.90. The van der Waals surface area contributed by atoms with Crippen LogP contribution in [0.5, 0.6) is 0 Å². The zero-order valence-corrected chi connectivity index (χ0v) is 28.2. The minimum atomic E-state index is -3.42. The molecule has 0 unspecified atom stereocenters. The Bertz CT molecular complexity index is 1770. The largest absolute Gasteiger partial charge is 0.481 e. The van der Waals surface area contributed by atoms with Crippen molar-refractivity contribution in [1.29, 1.82) is 0 Å². The SMILES string of the molecule is C=C/C=C\C(C)=C/CC(=Nc1cccc(CS(=O)(=O)CC2=CCCC(N=C(OCc3ccccc3)c3ccccc3)=CC2)c1)OCC. The molecule has 0 fully saturated rings. The number of hydrogen-bond acceptors (Lipinski definition) is 6. The second-order valence-corrected chi connectivity index (χ2v) is 13.3. The van der Waals surface area contributed by atoms with Gasteiger partial charge in [-0.2, -0.15) is 0 Å². The van der Waals surface area contributed by atoms with Crippen LogP contribution in [0.25, 0.3) is 0 Å². The summed E-state index contributed by atoms with van der Waals surface area (Å²) in [7, 11) is -3.42. The van der Waals surface area contributed by atoms with Gasteiger partial charge in [0, 0.05) is 17.7 Å². The minimum absolute atomic E-state index is 0.00344. The van der Waals surface area contributed by atoms with E-state index in [1.807, 2.05) is 129 Å². The molecule has 3 aromatic rings. The smallest absolute Gasteiger partial charge is 0.221 e. The highest BCUT2D eigenvalue weighted by Gasteiger charge is 2.17. The summed E-state index contributed by atoms with van der Waals surface area (Å²) >= 11 is 0. The van der Waals surface area contributed by atoms with Gasteiger partial charge in [0.05, 0.1) is 23.8 Å². The highest BCUT2D eigenvalue weighted by Crippen LogP contribution is 2.23. The maximum atomic E-state index is 13.4. The standard InChI is InChI=1S/C40H44N2O4S/c1-4-6-15-32(3)24-27-39(45-5-2)41-38-23-14-19-35(28-38)31-47(43,44)30-34-18-13-22-37(26-25-34)42-40(36-20-11-8-12-21-36)46-29-33-16-9-7-10-17-33/h4,6-12,14-21,23-24,26,28H,1,5,13,22,25,27,29-31H2,2-3H3/b15-6-,32-24-,41-39?,42-40?. The van der Waals surface area contributed by atoms with Gasteiger partial charge in [-0.05, 0) is 68.5 Å². The number of allylic oxidation sites excluding steroid dienone is 7. The molecule has 4 rings (SSSR count). The van der Waals surface area contributed by atoms with E-state index in [1.54, 1.807) is 6.08 Å². The third-order valence-electron chi connectivity index (χ3n) is 7.28. The Labute approximate surface area is 280 Å². The highest BCUT2D eigenvalue weighted by atomic mass is 32.2. The lowest BCUT2D eigenvalue weighted by atomic mass is 10.2. The molecule has 1 aliphatic carbocycles. The number of nitrogens with zero attached hydrogens (tertiary/aromatic N) is 2. The molecule has 0 aliphatic heterocycles. The van der Waals surface area contributed by atoms with Gasteiger partial charge >= 0.3 is 0 Å². The van der Waals surface area contributed by atoms with Crippen molar-refractivity contribution >= 4 is 27.3 Å². The molecule has 1 aliphatic rings. The Hall–Kier alpha value is -4.75. The number of aliphatic imine (C=N–C) groups is 2. The molecule has 7 heteroatoms. The van der Waals surface area contributed by atoms with Crippen LogP contribution in [0.15, 0.2) is 155 Å². The number of rotatable bonds is 14. The molecule has 0 aromatic heterocycles. The fourth-order valence-electron chi connectivity index (χ4n) is 4.98. The van der Waals surface area contributed by atoms with Crippen molar-refractivity contribution in [2.75, 3.05) is 12.4 Å². The molecule has 0 bridgehead atoms. The van der Waals surface area contributed by atoms with Crippen LogP contribution in [0.4, 0.5) is 5.69 Å². The van der Waals surface area contributed by atoms with Gasteiger partial charge in [-0.25, -0.2) is 18.4 Å². The average Bonchev–Trinajstić information content (AvgIpc) is 3.29. The van der Waals surface area contributed by atoms with Gasteiger partial charge in [-0.1, -0.05) is 115 Å².